The third-order valence-corrected chi connectivity index (χ3v) is 6.19. The molecule has 0 bridgehead atoms. The van der Waals surface area contributed by atoms with Crippen LogP contribution in [0.25, 0.3) is 10.2 Å². The van der Waals surface area contributed by atoms with Gasteiger partial charge in [0.2, 0.25) is 0 Å². The molecule has 0 saturated carbocycles. The van der Waals surface area contributed by atoms with Gasteiger partial charge < -0.3 is 4.74 Å². The van der Waals surface area contributed by atoms with E-state index in [9.17, 15) is 18.0 Å². The lowest BCUT2D eigenvalue weighted by molar-refractivity contribution is -0.137. The van der Waals surface area contributed by atoms with Gasteiger partial charge >= 0.3 is 6.18 Å². The maximum absolute atomic E-state index is 13.3. The largest absolute Gasteiger partial charge is 0.494 e. The van der Waals surface area contributed by atoms with Crippen molar-refractivity contribution in [3.05, 3.63) is 82.6 Å². The number of rotatable bonds is 5. The van der Waals surface area contributed by atoms with Crippen LogP contribution in [0.15, 0.2) is 60.8 Å². The lowest BCUT2D eigenvalue weighted by Gasteiger charge is -2.20. The summed E-state index contributed by atoms with van der Waals surface area (Å²) in [5.41, 5.74) is 0.337. The van der Waals surface area contributed by atoms with E-state index in [2.05, 4.69) is 9.97 Å². The van der Waals surface area contributed by atoms with Crippen LogP contribution in [0.3, 0.4) is 0 Å². The number of methoxy groups -OCH3 is 1. The fourth-order valence-electron chi connectivity index (χ4n) is 3.06. The van der Waals surface area contributed by atoms with Crippen LogP contribution in [0.1, 0.15) is 21.6 Å². The molecule has 0 unspecified atom stereocenters. The van der Waals surface area contributed by atoms with Crippen molar-refractivity contribution in [3.8, 4) is 5.75 Å². The summed E-state index contributed by atoms with van der Waals surface area (Å²) in [5.74, 6) is -0.0230. The topological polar surface area (TPSA) is 55.3 Å². The van der Waals surface area contributed by atoms with E-state index in [-0.39, 0.29) is 12.1 Å². The molecule has 32 heavy (non-hydrogen) atoms. The average Bonchev–Trinajstić information content (AvgIpc) is 3.24. The SMILES string of the molecule is COc1ccc(Cl)c2sc(N(Cc3ccccn3)C(=O)c3ccc(C(F)(F)F)cc3)nc12. The molecule has 5 nitrogen and oxygen atoms in total. The van der Waals surface area contributed by atoms with Crippen molar-refractivity contribution >= 4 is 44.2 Å². The lowest BCUT2D eigenvalue weighted by Crippen LogP contribution is -2.30. The number of halogens is 4. The van der Waals surface area contributed by atoms with Gasteiger partial charge in [0.1, 0.15) is 11.3 Å². The average molecular weight is 478 g/mol. The number of amides is 1. The number of nitrogens with zero attached hydrogens (tertiary/aromatic N) is 3. The molecule has 4 aromatic rings. The lowest BCUT2D eigenvalue weighted by atomic mass is 10.1. The Morgan fingerprint density at radius 2 is 1.88 bits per heavy atom. The standard InChI is InChI=1S/C22H15ClF3N3O2S/c1-31-17-10-9-16(23)19-18(17)28-21(32-19)29(12-15-4-2-3-11-27-15)20(30)13-5-7-14(8-6-13)22(24,25)26/h2-11H,12H2,1H3. The summed E-state index contributed by atoms with van der Waals surface area (Å²) in [6.07, 6.45) is -2.90. The number of hydrogen-bond donors (Lipinski definition) is 0. The van der Waals surface area contributed by atoms with Crippen LogP contribution < -0.4 is 9.64 Å². The molecule has 0 atom stereocenters. The first kappa shape index (κ1) is 22.0. The number of alkyl halides is 3. The summed E-state index contributed by atoms with van der Waals surface area (Å²) in [6, 6.07) is 12.7. The van der Waals surface area contributed by atoms with Gasteiger partial charge in [0.05, 0.1) is 34.6 Å². The molecule has 2 aromatic carbocycles. The first-order valence-electron chi connectivity index (χ1n) is 9.30. The highest BCUT2D eigenvalue weighted by Crippen LogP contribution is 2.39. The Kier molecular flexibility index (Phi) is 6.03. The molecule has 0 aliphatic rings. The zero-order chi connectivity index (χ0) is 22.9. The van der Waals surface area contributed by atoms with Crippen LogP contribution in [0.5, 0.6) is 5.75 Å². The van der Waals surface area contributed by atoms with Gasteiger partial charge in [0.15, 0.2) is 5.13 Å². The monoisotopic (exact) mass is 477 g/mol. The Hall–Kier alpha value is -3.17. The van der Waals surface area contributed by atoms with Crippen LogP contribution in [-0.2, 0) is 12.7 Å². The third kappa shape index (κ3) is 4.39. The summed E-state index contributed by atoms with van der Waals surface area (Å²) in [7, 11) is 1.50. The molecule has 2 heterocycles. The van der Waals surface area contributed by atoms with E-state index < -0.39 is 17.6 Å². The highest BCUT2D eigenvalue weighted by Gasteiger charge is 2.31. The highest BCUT2D eigenvalue weighted by molar-refractivity contribution is 7.23. The zero-order valence-corrected chi connectivity index (χ0v) is 18.1. The van der Waals surface area contributed by atoms with Crippen molar-refractivity contribution in [3.63, 3.8) is 0 Å². The van der Waals surface area contributed by atoms with Crippen molar-refractivity contribution in [2.24, 2.45) is 0 Å². The molecule has 0 N–H and O–H groups in total. The molecule has 0 aliphatic heterocycles. The second kappa shape index (κ2) is 8.76. The quantitative estimate of drug-likeness (QED) is 0.342. The zero-order valence-electron chi connectivity index (χ0n) is 16.6. The fourth-order valence-corrected chi connectivity index (χ4v) is 4.31. The number of benzene rings is 2. The first-order valence-corrected chi connectivity index (χ1v) is 10.5. The molecule has 0 aliphatic carbocycles. The Bertz CT molecular complexity index is 1260. The Morgan fingerprint density at radius 1 is 1.12 bits per heavy atom. The maximum atomic E-state index is 13.3. The van der Waals surface area contributed by atoms with Gasteiger partial charge in [0, 0.05) is 11.8 Å². The number of aromatic nitrogens is 2. The highest BCUT2D eigenvalue weighted by atomic mass is 35.5. The smallest absolute Gasteiger partial charge is 0.416 e. The third-order valence-electron chi connectivity index (χ3n) is 4.65. The van der Waals surface area contributed by atoms with Crippen LogP contribution in [-0.4, -0.2) is 23.0 Å². The van der Waals surface area contributed by atoms with E-state index in [4.69, 9.17) is 16.3 Å². The van der Waals surface area contributed by atoms with Crippen molar-refractivity contribution in [2.45, 2.75) is 12.7 Å². The van der Waals surface area contributed by atoms with E-state index in [0.29, 0.717) is 31.8 Å². The molecule has 0 fully saturated rings. The summed E-state index contributed by atoms with van der Waals surface area (Å²) >= 11 is 7.50. The molecule has 0 radical (unpaired) electrons. The number of thiazole rings is 1. The van der Waals surface area contributed by atoms with Gasteiger partial charge in [-0.15, -0.1) is 0 Å². The summed E-state index contributed by atoms with van der Waals surface area (Å²) < 4.78 is 44.7. The van der Waals surface area contributed by atoms with Gasteiger partial charge in [-0.25, -0.2) is 4.98 Å². The van der Waals surface area contributed by atoms with E-state index in [1.54, 1.807) is 36.5 Å². The summed E-state index contributed by atoms with van der Waals surface area (Å²) in [6.45, 7) is 0.0699. The molecular weight excluding hydrogens is 463 g/mol. The molecule has 0 saturated heterocycles. The number of fused-ring (bicyclic) bond motifs is 1. The van der Waals surface area contributed by atoms with Crippen LogP contribution in [0, 0.1) is 0 Å². The number of anilines is 1. The van der Waals surface area contributed by atoms with E-state index in [0.717, 1.165) is 24.3 Å². The van der Waals surface area contributed by atoms with Crippen LogP contribution in [0.2, 0.25) is 5.02 Å². The Balaban J connectivity index is 1.78. The minimum absolute atomic E-state index is 0.0699. The van der Waals surface area contributed by atoms with Gasteiger partial charge in [-0.1, -0.05) is 29.0 Å². The predicted octanol–water partition coefficient (Wildman–Crippen LogP) is 6.22. The maximum Gasteiger partial charge on any atom is 0.416 e. The molecule has 2 aromatic heterocycles. The fraction of sp³-hybridized carbons (Fsp3) is 0.136. The number of pyridine rings is 1. The minimum atomic E-state index is -4.49. The Labute approximate surface area is 190 Å². The van der Waals surface area contributed by atoms with E-state index >= 15 is 0 Å². The van der Waals surface area contributed by atoms with Gasteiger partial charge in [-0.3, -0.25) is 14.7 Å². The van der Waals surface area contributed by atoms with Crippen molar-refractivity contribution < 1.29 is 22.7 Å². The molecule has 1 amide bonds. The van der Waals surface area contributed by atoms with Crippen molar-refractivity contribution in [1.29, 1.82) is 0 Å². The second-order valence-corrected chi connectivity index (χ2v) is 8.10. The molecule has 4 rings (SSSR count). The van der Waals surface area contributed by atoms with Gasteiger partial charge in [0.25, 0.3) is 5.91 Å². The molecule has 164 valence electrons. The van der Waals surface area contributed by atoms with Gasteiger partial charge in [-0.2, -0.15) is 13.2 Å². The minimum Gasteiger partial charge on any atom is -0.494 e. The number of ether oxygens (including phenoxy) is 1. The van der Waals surface area contributed by atoms with Crippen LogP contribution >= 0.6 is 22.9 Å². The summed E-state index contributed by atoms with van der Waals surface area (Å²) in [5, 5.41) is 0.770. The van der Waals surface area contributed by atoms with Gasteiger partial charge in [-0.05, 0) is 48.5 Å². The van der Waals surface area contributed by atoms with E-state index in [1.807, 2.05) is 0 Å². The Morgan fingerprint density at radius 3 is 2.50 bits per heavy atom. The predicted molar refractivity (Wildman–Crippen MR) is 117 cm³/mol. The normalized spacial score (nSPS) is 11.5. The molecular formula is C22H15ClF3N3O2S. The number of carbonyl (C=O) groups is 1. The van der Waals surface area contributed by atoms with E-state index in [1.165, 1.54) is 23.3 Å². The second-order valence-electron chi connectivity index (χ2n) is 6.71. The first-order chi connectivity index (χ1) is 15.3. The molecule has 10 heteroatoms. The van der Waals surface area contributed by atoms with Crippen molar-refractivity contribution in [2.75, 3.05) is 12.0 Å². The van der Waals surface area contributed by atoms with Crippen LogP contribution in [0.4, 0.5) is 18.3 Å². The molecule has 0 spiro atoms. The van der Waals surface area contributed by atoms with Crippen molar-refractivity contribution in [1.82, 2.24) is 9.97 Å². The summed E-state index contributed by atoms with van der Waals surface area (Å²) in [4.78, 5) is 23.5. The number of carbonyl (C=O) groups excluding carboxylic acids is 1. The number of hydrogen-bond acceptors (Lipinski definition) is 5.